The van der Waals surface area contributed by atoms with Gasteiger partial charge < -0.3 is 4.74 Å². The van der Waals surface area contributed by atoms with Crippen LogP contribution in [0.4, 0.5) is 35.1 Å². The Balaban J connectivity index is 0.000000165. The summed E-state index contributed by atoms with van der Waals surface area (Å²) in [5, 5.41) is 3.36. The monoisotopic (exact) mass is 1630 g/mol. The topological polar surface area (TPSA) is 57.7 Å². The highest BCUT2D eigenvalue weighted by atomic mass is 35.5. The van der Waals surface area contributed by atoms with Crippen LogP contribution in [0.15, 0.2) is 133 Å². The zero-order chi connectivity index (χ0) is 82.9. The molecule has 0 amide bonds. The zero-order valence-electron chi connectivity index (χ0n) is 70.5. The van der Waals surface area contributed by atoms with Crippen molar-refractivity contribution < 1.29 is 39.9 Å². The molecule has 624 valence electrons. The van der Waals surface area contributed by atoms with Crippen molar-refractivity contribution >= 4 is 34.5 Å². The number of benzene rings is 4. The van der Waals surface area contributed by atoms with Gasteiger partial charge in [-0.3, -0.25) is 44.3 Å². The van der Waals surface area contributed by atoms with Crippen LogP contribution >= 0.6 is 34.5 Å². The predicted octanol–water partition coefficient (Wildman–Crippen LogP) is 25.7. The van der Waals surface area contributed by atoms with Crippen molar-refractivity contribution in [2.45, 2.75) is 297 Å². The lowest BCUT2D eigenvalue weighted by Crippen LogP contribution is -2.40. The first-order valence-corrected chi connectivity index (χ1v) is 42.9. The van der Waals surface area contributed by atoms with Crippen molar-refractivity contribution in [3.8, 4) is 5.75 Å². The van der Waals surface area contributed by atoms with Crippen LogP contribution in [0, 0.1) is 29.1 Å². The van der Waals surface area contributed by atoms with E-state index in [1.54, 1.807) is 49.7 Å². The fraction of sp³-hybridized carbons (Fsp3) is 0.587. The Bertz CT molecular complexity index is 4000. The van der Waals surface area contributed by atoms with E-state index in [4.69, 9.17) is 27.9 Å². The molecule has 0 radical (unpaired) electrons. The Kier molecular flexibility index (Phi) is 34.7. The number of pyridine rings is 2. The van der Waals surface area contributed by atoms with Gasteiger partial charge in [0, 0.05) is 110 Å². The van der Waals surface area contributed by atoms with E-state index in [9.17, 15) is 35.1 Å². The SMILES string of the molecule is CC(C)(C)N1CCCC1c1ccccn1.CC(C)(C)N1CCCC1c1cccs1.CC(C)(C)N1CCCC1c1cncc(F)c1.CC(C)N1CCCC1c1cc(F)cc(Cl)c1.CC(C)N1CCCC1c1cc(F)ccc1C(F)(F)F.CC(C)N1CCCC1c1cc(F)ccc1Cl.COc1ccc(F)cc1C1CCCN1C(C)C. The highest BCUT2D eigenvalue weighted by molar-refractivity contribution is 7.10. The molecule has 0 N–H and O–H groups in total. The average molecular weight is 1630 g/mol. The van der Waals surface area contributed by atoms with E-state index in [1.807, 2.05) is 48.4 Å². The van der Waals surface area contributed by atoms with E-state index in [0.717, 1.165) is 117 Å². The normalized spacial score (nSPS) is 22.3. The summed E-state index contributed by atoms with van der Waals surface area (Å²) in [5.74, 6) is -0.676. The molecular weight excluding hydrogens is 1500 g/mol. The average Bonchev–Trinajstić information content (AvgIpc) is 1.77. The molecule has 10 nitrogen and oxygen atoms in total. The van der Waals surface area contributed by atoms with Gasteiger partial charge in [0.2, 0.25) is 0 Å². The summed E-state index contributed by atoms with van der Waals surface area (Å²) >= 11 is 13.9. The minimum atomic E-state index is -4.44. The lowest BCUT2D eigenvalue weighted by Gasteiger charge is -2.37. The first-order valence-electron chi connectivity index (χ1n) is 41.3. The minimum Gasteiger partial charge on any atom is -0.496 e. The van der Waals surface area contributed by atoms with Crippen LogP contribution < -0.4 is 4.74 Å². The van der Waals surface area contributed by atoms with Crippen LogP contribution in [0.25, 0.3) is 0 Å². The lowest BCUT2D eigenvalue weighted by atomic mass is 9.97. The van der Waals surface area contributed by atoms with Crippen LogP contribution in [0.3, 0.4) is 0 Å². The first kappa shape index (κ1) is 92.9. The smallest absolute Gasteiger partial charge is 0.416 e. The summed E-state index contributed by atoms with van der Waals surface area (Å²) in [6, 6.07) is 33.0. The van der Waals surface area contributed by atoms with Gasteiger partial charge in [0.05, 0.1) is 30.6 Å². The Labute approximate surface area is 686 Å². The Morgan fingerprint density at radius 1 is 0.416 bits per heavy atom. The molecule has 0 saturated carbocycles. The Morgan fingerprint density at radius 3 is 1.33 bits per heavy atom. The second-order valence-electron chi connectivity index (χ2n) is 35.2. The highest BCUT2D eigenvalue weighted by Gasteiger charge is 2.41. The summed E-state index contributed by atoms with van der Waals surface area (Å²) < 4.78 is 111. The second-order valence-corrected chi connectivity index (χ2v) is 37.0. The molecule has 0 bridgehead atoms. The van der Waals surface area contributed by atoms with E-state index >= 15 is 0 Å². The van der Waals surface area contributed by atoms with Crippen molar-refractivity contribution in [2.24, 2.45) is 0 Å². The number of hydrogen-bond acceptors (Lipinski definition) is 11. The molecule has 7 fully saturated rings. The van der Waals surface area contributed by atoms with Crippen molar-refractivity contribution in [3.05, 3.63) is 216 Å². The number of halogens is 10. The van der Waals surface area contributed by atoms with E-state index in [2.05, 4.69) is 173 Å². The highest BCUT2D eigenvalue weighted by Crippen LogP contribution is 2.45. The number of ether oxygens (including phenoxy) is 1. The number of alkyl halides is 3. The quantitative estimate of drug-likeness (QED) is 0.111. The summed E-state index contributed by atoms with van der Waals surface area (Å²) in [6.45, 7) is 45.0. The fourth-order valence-corrected chi connectivity index (χ4v) is 19.2. The lowest BCUT2D eigenvalue weighted by molar-refractivity contribution is -0.138. The van der Waals surface area contributed by atoms with Crippen molar-refractivity contribution in [2.75, 3.05) is 52.9 Å². The van der Waals surface area contributed by atoms with Gasteiger partial charge in [-0.1, -0.05) is 35.3 Å². The molecule has 0 aliphatic carbocycles. The molecule has 7 saturated heterocycles. The molecule has 7 unspecified atom stereocenters. The van der Waals surface area contributed by atoms with E-state index < -0.39 is 17.6 Å². The van der Waals surface area contributed by atoms with Crippen molar-refractivity contribution in [3.63, 3.8) is 0 Å². The first-order chi connectivity index (χ1) is 53.3. The van der Waals surface area contributed by atoms with Gasteiger partial charge in [-0.05, 0) is 378 Å². The number of hydrogen-bond donors (Lipinski definition) is 0. The predicted molar refractivity (Wildman–Crippen MR) is 450 cm³/mol. The molecule has 14 rings (SSSR count). The maximum atomic E-state index is 13.4. The van der Waals surface area contributed by atoms with E-state index in [0.29, 0.717) is 70.3 Å². The zero-order valence-corrected chi connectivity index (χ0v) is 72.9. The molecule has 7 aliphatic rings. The maximum Gasteiger partial charge on any atom is 0.416 e. The van der Waals surface area contributed by atoms with Crippen LogP contribution in [0.5, 0.6) is 5.75 Å². The summed E-state index contributed by atoms with van der Waals surface area (Å²) in [4.78, 5) is 26.8. The van der Waals surface area contributed by atoms with Gasteiger partial charge in [-0.2, -0.15) is 13.2 Å². The fourth-order valence-electron chi connectivity index (χ4n) is 17.9. The van der Waals surface area contributed by atoms with E-state index in [-0.39, 0.29) is 58.0 Å². The van der Waals surface area contributed by atoms with Gasteiger partial charge >= 0.3 is 6.18 Å². The molecule has 21 heteroatoms. The van der Waals surface area contributed by atoms with Crippen LogP contribution in [-0.2, 0) is 6.18 Å². The van der Waals surface area contributed by atoms with E-state index in [1.165, 1.54) is 93.0 Å². The third-order valence-electron chi connectivity index (χ3n) is 23.0. The molecule has 7 aromatic rings. The molecule has 7 atom stereocenters. The van der Waals surface area contributed by atoms with Gasteiger partial charge in [0.15, 0.2) is 0 Å². The van der Waals surface area contributed by atoms with Crippen molar-refractivity contribution in [1.82, 2.24) is 44.3 Å². The summed E-state index contributed by atoms with van der Waals surface area (Å²) in [5.41, 5.74) is 5.21. The standard InChI is InChI=1S/C14H17F4N.C14H20FNO.2C13H17ClFN.C13H19FN2.C13H20N2.C12H19NS/c1-9(2)19-7-3-4-13(19)11-8-10(15)5-6-12(11)14(16,17)18;1-10(2)16-8-4-5-13(16)12-9-11(15)6-7-14(12)17-3;1-9(2)16-7-3-4-13(16)11-8-10(15)5-6-12(11)14;1-9(2)16-5-3-4-13(16)10-6-11(14)8-12(15)7-10;1-13(2,3)16-6-4-5-12(16)10-7-11(14)9-15-8-10;1-13(2,3)15-10-6-8-12(15)11-7-4-5-9-14-11;1-12(2,3)13-8-4-6-10(13)11-7-5-9-14-11/h5-6,8-9,13H,3-4,7H2,1-2H3;6-7,9-10,13H,4-5,8H2,1-3H3;5-6,8-9,13H,3-4,7H2,1-2H3;6-9,13H,3-5H2,1-2H3;7-9,12H,4-6H2,1-3H3;4-5,7,9,12H,6,8,10H2,1-3H3;5,7,9-10H,4,6,8H2,1-3H3. The van der Waals surface area contributed by atoms with Crippen molar-refractivity contribution in [1.29, 1.82) is 0 Å². The number of aromatic nitrogens is 2. The maximum absolute atomic E-state index is 13.4. The number of nitrogens with zero attached hydrogens (tertiary/aromatic N) is 9. The molecule has 10 heterocycles. The number of thiophene rings is 1. The summed E-state index contributed by atoms with van der Waals surface area (Å²) in [7, 11) is 1.64. The van der Waals surface area contributed by atoms with Crippen LogP contribution in [-0.4, -0.2) is 138 Å². The molecule has 7 aliphatic heterocycles. The largest absolute Gasteiger partial charge is 0.496 e. The third kappa shape index (κ3) is 26.2. The molecule has 3 aromatic heterocycles. The van der Waals surface area contributed by atoms with Gasteiger partial charge in [-0.15, -0.1) is 11.3 Å². The molecule has 113 heavy (non-hydrogen) atoms. The molecule has 0 spiro atoms. The number of likely N-dealkylation sites (tertiary alicyclic amines) is 7. The summed E-state index contributed by atoms with van der Waals surface area (Å²) in [6.07, 6.45) is 16.2. The van der Waals surface area contributed by atoms with Crippen LogP contribution in [0.2, 0.25) is 10.0 Å². The van der Waals surface area contributed by atoms with Gasteiger partial charge in [0.25, 0.3) is 0 Å². The van der Waals surface area contributed by atoms with Gasteiger partial charge in [0.1, 0.15) is 34.8 Å². The minimum absolute atomic E-state index is 0.0682. The number of methoxy groups -OCH3 is 1. The van der Waals surface area contributed by atoms with Crippen LogP contribution in [0.1, 0.15) is 294 Å². The Morgan fingerprint density at radius 2 is 0.850 bits per heavy atom. The third-order valence-corrected chi connectivity index (χ3v) is 24.5. The second kappa shape index (κ2) is 42.2. The molecule has 4 aromatic carbocycles. The van der Waals surface area contributed by atoms with Gasteiger partial charge in [-0.25, -0.2) is 22.0 Å². The molecular formula is C92H129Cl2F8N9OS. The Hall–Kier alpha value is -5.58. The number of rotatable bonds is 12.